The van der Waals surface area contributed by atoms with Crippen LogP contribution in [0.2, 0.25) is 10.2 Å². The molecule has 1 aromatic heterocycles. The van der Waals surface area contributed by atoms with Crippen LogP contribution in [0.15, 0.2) is 12.1 Å². The number of likely N-dealkylation sites (tertiary alicyclic amines) is 1. The number of nitrogens with one attached hydrogen (secondary N) is 1. The number of aromatic nitrogens is 1. The molecule has 1 aliphatic rings. The third-order valence-electron chi connectivity index (χ3n) is 3.00. The van der Waals surface area contributed by atoms with Crippen LogP contribution in [0.1, 0.15) is 16.9 Å². The molecule has 8 heteroatoms. The second kappa shape index (κ2) is 6.28. The van der Waals surface area contributed by atoms with Crippen LogP contribution in [-0.4, -0.2) is 48.1 Å². The van der Waals surface area contributed by atoms with Crippen LogP contribution in [0.5, 0.6) is 0 Å². The molecule has 1 atom stereocenters. The standard InChI is InChI=1S/C12H13Cl2N3O3/c1-20-12(19)15-7-4-5-17(6-7)11(18)10-8(13)2-3-9(14)16-10/h2-3,7H,4-6H2,1H3,(H,15,19). The molecule has 1 aliphatic heterocycles. The van der Waals surface area contributed by atoms with E-state index in [0.29, 0.717) is 19.5 Å². The Kier molecular flexibility index (Phi) is 4.67. The van der Waals surface area contributed by atoms with Gasteiger partial charge in [-0.1, -0.05) is 23.2 Å². The molecule has 0 aromatic carbocycles. The third-order valence-corrected chi connectivity index (χ3v) is 3.51. The van der Waals surface area contributed by atoms with Crippen molar-refractivity contribution in [3.63, 3.8) is 0 Å². The number of alkyl carbamates (subject to hydrolysis) is 1. The minimum atomic E-state index is -0.511. The summed E-state index contributed by atoms with van der Waals surface area (Å²) >= 11 is 11.7. The van der Waals surface area contributed by atoms with Gasteiger partial charge in [0.05, 0.1) is 18.2 Å². The Balaban J connectivity index is 2.04. The maximum absolute atomic E-state index is 12.3. The highest BCUT2D eigenvalue weighted by Crippen LogP contribution is 2.20. The van der Waals surface area contributed by atoms with E-state index >= 15 is 0 Å². The number of rotatable bonds is 2. The lowest BCUT2D eigenvalue weighted by atomic mass is 10.3. The van der Waals surface area contributed by atoms with Crippen molar-refractivity contribution in [2.24, 2.45) is 0 Å². The number of hydrogen-bond donors (Lipinski definition) is 1. The first-order chi connectivity index (χ1) is 9.51. The molecule has 1 unspecified atom stereocenters. The molecule has 0 radical (unpaired) electrons. The number of carbonyl (C=O) groups excluding carboxylic acids is 2. The lowest BCUT2D eigenvalue weighted by Crippen LogP contribution is -2.38. The van der Waals surface area contributed by atoms with Crippen molar-refractivity contribution in [1.82, 2.24) is 15.2 Å². The summed E-state index contributed by atoms with van der Waals surface area (Å²) in [6.07, 6.45) is 0.141. The first-order valence-electron chi connectivity index (χ1n) is 5.97. The number of amides is 2. The summed E-state index contributed by atoms with van der Waals surface area (Å²) < 4.78 is 4.52. The molecule has 1 N–H and O–H groups in total. The molecule has 1 fully saturated rings. The van der Waals surface area contributed by atoms with E-state index in [2.05, 4.69) is 15.0 Å². The van der Waals surface area contributed by atoms with Crippen LogP contribution in [0.4, 0.5) is 4.79 Å². The molecular formula is C12H13Cl2N3O3. The molecule has 20 heavy (non-hydrogen) atoms. The van der Waals surface area contributed by atoms with Crippen LogP contribution in [-0.2, 0) is 4.74 Å². The lowest BCUT2D eigenvalue weighted by molar-refractivity contribution is 0.0782. The zero-order valence-corrected chi connectivity index (χ0v) is 12.2. The second-order valence-corrected chi connectivity index (χ2v) is 5.13. The first kappa shape index (κ1) is 14.9. The van der Waals surface area contributed by atoms with Gasteiger partial charge < -0.3 is 15.0 Å². The number of hydrogen-bond acceptors (Lipinski definition) is 4. The predicted octanol–water partition coefficient (Wildman–Crippen LogP) is 1.96. The van der Waals surface area contributed by atoms with Crippen molar-refractivity contribution in [2.45, 2.75) is 12.5 Å². The Hall–Kier alpha value is -1.53. The molecule has 2 rings (SSSR count). The lowest BCUT2D eigenvalue weighted by Gasteiger charge is -2.17. The fraction of sp³-hybridized carbons (Fsp3) is 0.417. The van der Waals surface area contributed by atoms with Gasteiger partial charge in [0.15, 0.2) is 0 Å². The van der Waals surface area contributed by atoms with Gasteiger partial charge >= 0.3 is 6.09 Å². The van der Waals surface area contributed by atoms with Crippen LogP contribution >= 0.6 is 23.2 Å². The van der Waals surface area contributed by atoms with Crippen LogP contribution in [0.25, 0.3) is 0 Å². The summed E-state index contributed by atoms with van der Waals surface area (Å²) in [4.78, 5) is 28.9. The highest BCUT2D eigenvalue weighted by molar-refractivity contribution is 6.34. The van der Waals surface area contributed by atoms with E-state index < -0.39 is 6.09 Å². The highest BCUT2D eigenvalue weighted by atomic mass is 35.5. The number of halogens is 2. The summed E-state index contributed by atoms with van der Waals surface area (Å²) in [6.45, 7) is 0.899. The zero-order valence-electron chi connectivity index (χ0n) is 10.7. The normalized spacial score (nSPS) is 17.9. The number of carbonyl (C=O) groups is 2. The van der Waals surface area contributed by atoms with Gasteiger partial charge in [-0.2, -0.15) is 0 Å². The van der Waals surface area contributed by atoms with Gasteiger partial charge in [-0.3, -0.25) is 4.79 Å². The predicted molar refractivity (Wildman–Crippen MR) is 74.1 cm³/mol. The van der Waals surface area contributed by atoms with E-state index in [9.17, 15) is 9.59 Å². The molecule has 0 spiro atoms. The smallest absolute Gasteiger partial charge is 0.407 e. The van der Waals surface area contributed by atoms with E-state index in [4.69, 9.17) is 23.2 Å². The zero-order chi connectivity index (χ0) is 14.7. The minimum Gasteiger partial charge on any atom is -0.453 e. The molecule has 6 nitrogen and oxygen atoms in total. The Morgan fingerprint density at radius 3 is 2.90 bits per heavy atom. The molecule has 0 saturated carbocycles. The van der Waals surface area contributed by atoms with E-state index in [1.807, 2.05) is 0 Å². The minimum absolute atomic E-state index is 0.123. The van der Waals surface area contributed by atoms with Crippen LogP contribution in [0, 0.1) is 0 Å². The van der Waals surface area contributed by atoms with E-state index in [0.717, 1.165) is 0 Å². The van der Waals surface area contributed by atoms with Crippen molar-refractivity contribution >= 4 is 35.2 Å². The maximum Gasteiger partial charge on any atom is 0.407 e. The molecule has 0 bridgehead atoms. The van der Waals surface area contributed by atoms with Crippen molar-refractivity contribution < 1.29 is 14.3 Å². The Labute approximate surface area is 126 Å². The molecule has 2 amide bonds. The monoisotopic (exact) mass is 317 g/mol. The van der Waals surface area contributed by atoms with Crippen molar-refractivity contribution in [1.29, 1.82) is 0 Å². The Morgan fingerprint density at radius 2 is 2.20 bits per heavy atom. The number of methoxy groups -OCH3 is 1. The van der Waals surface area contributed by atoms with Gasteiger partial charge in [0, 0.05) is 13.1 Å². The Bertz CT molecular complexity index is 539. The summed E-state index contributed by atoms with van der Waals surface area (Å²) in [7, 11) is 1.29. The SMILES string of the molecule is COC(=O)NC1CCN(C(=O)c2nc(Cl)ccc2Cl)C1. The van der Waals surface area contributed by atoms with Gasteiger partial charge in [-0.05, 0) is 18.6 Å². The fourth-order valence-electron chi connectivity index (χ4n) is 2.01. The third kappa shape index (κ3) is 3.32. The molecule has 108 valence electrons. The van der Waals surface area contributed by atoms with Gasteiger partial charge in [-0.25, -0.2) is 9.78 Å². The van der Waals surface area contributed by atoms with Gasteiger partial charge in [0.25, 0.3) is 5.91 Å². The van der Waals surface area contributed by atoms with Crippen molar-refractivity contribution in [2.75, 3.05) is 20.2 Å². The van der Waals surface area contributed by atoms with Crippen molar-refractivity contribution in [3.05, 3.63) is 28.0 Å². The number of nitrogens with zero attached hydrogens (tertiary/aromatic N) is 2. The topological polar surface area (TPSA) is 71.5 Å². The first-order valence-corrected chi connectivity index (χ1v) is 6.72. The van der Waals surface area contributed by atoms with E-state index in [1.165, 1.54) is 19.2 Å². The summed E-state index contributed by atoms with van der Waals surface area (Å²) in [5.41, 5.74) is 0.123. The number of ether oxygens (including phenoxy) is 1. The molecule has 0 aliphatic carbocycles. The molecule has 1 saturated heterocycles. The van der Waals surface area contributed by atoms with E-state index in [-0.39, 0.29) is 27.8 Å². The fourth-order valence-corrected chi connectivity index (χ4v) is 2.34. The van der Waals surface area contributed by atoms with Gasteiger partial charge in [-0.15, -0.1) is 0 Å². The molecular weight excluding hydrogens is 305 g/mol. The van der Waals surface area contributed by atoms with Crippen molar-refractivity contribution in [3.8, 4) is 0 Å². The van der Waals surface area contributed by atoms with Gasteiger partial charge in [0.1, 0.15) is 10.8 Å². The molecule has 1 aromatic rings. The molecule has 2 heterocycles. The van der Waals surface area contributed by atoms with Gasteiger partial charge in [0.2, 0.25) is 0 Å². The largest absolute Gasteiger partial charge is 0.453 e. The summed E-state index contributed by atoms with van der Waals surface area (Å²) in [5.74, 6) is -0.299. The average Bonchev–Trinajstić information content (AvgIpc) is 2.89. The van der Waals surface area contributed by atoms with E-state index in [1.54, 1.807) is 4.90 Å². The van der Waals surface area contributed by atoms with Crippen LogP contribution in [0.3, 0.4) is 0 Å². The summed E-state index contributed by atoms with van der Waals surface area (Å²) in [6, 6.07) is 2.92. The summed E-state index contributed by atoms with van der Waals surface area (Å²) in [5, 5.41) is 3.12. The maximum atomic E-state index is 12.3. The number of pyridine rings is 1. The second-order valence-electron chi connectivity index (χ2n) is 4.34. The average molecular weight is 318 g/mol. The Morgan fingerprint density at radius 1 is 1.45 bits per heavy atom. The quantitative estimate of drug-likeness (QED) is 0.846. The van der Waals surface area contributed by atoms with Crippen LogP contribution < -0.4 is 5.32 Å². The highest BCUT2D eigenvalue weighted by Gasteiger charge is 2.29.